The summed E-state index contributed by atoms with van der Waals surface area (Å²) in [6.45, 7) is 14.2. The lowest BCUT2D eigenvalue weighted by atomic mass is 9.67. The molecule has 3 rings (SSSR count). The quantitative estimate of drug-likeness (QED) is 0.902. The molecule has 2 saturated heterocycles. The summed E-state index contributed by atoms with van der Waals surface area (Å²) in [6, 6.07) is 4.54. The number of amides is 1. The zero-order chi connectivity index (χ0) is 18.9. The van der Waals surface area contributed by atoms with Crippen LogP contribution < -0.4 is 10.2 Å². The molecule has 1 unspecified atom stereocenters. The number of pyridine rings is 1. The zero-order valence-corrected chi connectivity index (χ0v) is 17.0. The van der Waals surface area contributed by atoms with Crippen molar-refractivity contribution in [2.75, 3.05) is 38.1 Å². The first-order valence-electron chi connectivity index (χ1n) is 9.91. The van der Waals surface area contributed by atoms with Gasteiger partial charge in [-0.25, -0.2) is 4.98 Å². The third-order valence-electron chi connectivity index (χ3n) is 6.87. The molecule has 1 amide bonds. The Kier molecular flexibility index (Phi) is 5.29. The maximum absolute atomic E-state index is 11.6. The third-order valence-corrected chi connectivity index (χ3v) is 6.87. The summed E-state index contributed by atoms with van der Waals surface area (Å²) >= 11 is 0. The molecule has 0 radical (unpaired) electrons. The van der Waals surface area contributed by atoms with E-state index in [2.05, 4.69) is 47.8 Å². The van der Waals surface area contributed by atoms with Crippen molar-refractivity contribution in [2.45, 2.75) is 53.0 Å². The van der Waals surface area contributed by atoms with E-state index in [-0.39, 0.29) is 5.91 Å². The number of rotatable bonds is 3. The SMILES string of the molecule is CNC(=O)c1ccc(N2CCC(N3CCC(C)(C(C)(C)C)C3)CC2)cn1. The van der Waals surface area contributed by atoms with Gasteiger partial charge >= 0.3 is 0 Å². The number of carbonyl (C=O) groups is 1. The van der Waals surface area contributed by atoms with Crippen LogP contribution in [0.25, 0.3) is 0 Å². The summed E-state index contributed by atoms with van der Waals surface area (Å²) in [6.07, 6.45) is 5.55. The van der Waals surface area contributed by atoms with E-state index >= 15 is 0 Å². The Labute approximate surface area is 158 Å². The first kappa shape index (κ1) is 19.2. The predicted molar refractivity (Wildman–Crippen MR) is 107 cm³/mol. The Balaban J connectivity index is 1.56. The normalized spacial score (nSPS) is 25.5. The Morgan fingerprint density at radius 2 is 1.92 bits per heavy atom. The first-order valence-corrected chi connectivity index (χ1v) is 9.91. The first-order chi connectivity index (χ1) is 12.2. The molecule has 3 heterocycles. The number of nitrogens with zero attached hydrogens (tertiary/aromatic N) is 3. The lowest BCUT2D eigenvalue weighted by Gasteiger charge is -2.41. The van der Waals surface area contributed by atoms with Crippen LogP contribution in [0, 0.1) is 10.8 Å². The van der Waals surface area contributed by atoms with Crippen LogP contribution >= 0.6 is 0 Å². The van der Waals surface area contributed by atoms with Crippen LogP contribution in [0.4, 0.5) is 5.69 Å². The van der Waals surface area contributed by atoms with Gasteiger partial charge in [-0.05, 0) is 48.8 Å². The maximum atomic E-state index is 11.6. The van der Waals surface area contributed by atoms with Crippen molar-refractivity contribution in [3.05, 3.63) is 24.0 Å². The number of likely N-dealkylation sites (tertiary alicyclic amines) is 1. The van der Waals surface area contributed by atoms with Gasteiger partial charge in [0.25, 0.3) is 5.91 Å². The molecule has 2 aliphatic rings. The van der Waals surface area contributed by atoms with Gasteiger partial charge in [0.1, 0.15) is 5.69 Å². The minimum atomic E-state index is -0.133. The lowest BCUT2D eigenvalue weighted by Crippen LogP contribution is -2.45. The fraction of sp³-hybridized carbons (Fsp3) is 0.714. The predicted octanol–water partition coefficient (Wildman–Crippen LogP) is 3.17. The minimum Gasteiger partial charge on any atom is -0.370 e. The van der Waals surface area contributed by atoms with Crippen LogP contribution in [0.2, 0.25) is 0 Å². The van der Waals surface area contributed by atoms with Crippen molar-refractivity contribution in [3.63, 3.8) is 0 Å². The molecule has 1 aromatic heterocycles. The molecule has 26 heavy (non-hydrogen) atoms. The summed E-state index contributed by atoms with van der Waals surface area (Å²) in [5.41, 5.74) is 2.38. The largest absolute Gasteiger partial charge is 0.370 e. The van der Waals surface area contributed by atoms with Gasteiger partial charge in [0.05, 0.1) is 11.9 Å². The highest BCUT2D eigenvalue weighted by Gasteiger charge is 2.44. The molecule has 0 aliphatic carbocycles. The summed E-state index contributed by atoms with van der Waals surface area (Å²) in [4.78, 5) is 21.1. The fourth-order valence-corrected chi connectivity index (χ4v) is 4.25. The van der Waals surface area contributed by atoms with E-state index in [0.717, 1.165) is 18.8 Å². The van der Waals surface area contributed by atoms with Gasteiger partial charge in [0.2, 0.25) is 0 Å². The van der Waals surface area contributed by atoms with Crippen molar-refractivity contribution >= 4 is 11.6 Å². The molecule has 1 aromatic rings. The molecule has 5 nitrogen and oxygen atoms in total. The molecule has 0 saturated carbocycles. The van der Waals surface area contributed by atoms with Crippen LogP contribution in [-0.4, -0.2) is 55.1 Å². The summed E-state index contributed by atoms with van der Waals surface area (Å²) in [5.74, 6) is -0.133. The molecule has 2 aliphatic heterocycles. The van der Waals surface area contributed by atoms with E-state index in [1.54, 1.807) is 7.05 Å². The third kappa shape index (κ3) is 3.73. The van der Waals surface area contributed by atoms with E-state index in [9.17, 15) is 4.79 Å². The molecule has 144 valence electrons. The topological polar surface area (TPSA) is 48.5 Å². The van der Waals surface area contributed by atoms with E-state index in [1.165, 1.54) is 32.4 Å². The smallest absolute Gasteiger partial charge is 0.269 e. The van der Waals surface area contributed by atoms with Gasteiger partial charge in [0.15, 0.2) is 0 Å². The number of hydrogen-bond donors (Lipinski definition) is 1. The van der Waals surface area contributed by atoms with Gasteiger partial charge in [-0.2, -0.15) is 0 Å². The van der Waals surface area contributed by atoms with Gasteiger partial charge < -0.3 is 10.2 Å². The van der Waals surface area contributed by atoms with Gasteiger partial charge in [-0.1, -0.05) is 27.7 Å². The van der Waals surface area contributed by atoms with Crippen LogP contribution in [0.3, 0.4) is 0 Å². The number of aromatic nitrogens is 1. The summed E-state index contributed by atoms with van der Waals surface area (Å²) in [5, 5.41) is 2.61. The average Bonchev–Trinajstić information content (AvgIpc) is 3.05. The van der Waals surface area contributed by atoms with Gasteiger partial charge in [-0.3, -0.25) is 9.69 Å². The van der Waals surface area contributed by atoms with Crippen molar-refractivity contribution in [2.24, 2.45) is 10.8 Å². The lowest BCUT2D eigenvalue weighted by molar-refractivity contribution is 0.0958. The second kappa shape index (κ2) is 7.18. The molecule has 0 bridgehead atoms. The monoisotopic (exact) mass is 358 g/mol. The second-order valence-corrected chi connectivity index (χ2v) is 9.23. The summed E-state index contributed by atoms with van der Waals surface area (Å²) in [7, 11) is 1.63. The van der Waals surface area contributed by atoms with Crippen molar-refractivity contribution < 1.29 is 4.79 Å². The van der Waals surface area contributed by atoms with Crippen molar-refractivity contribution in [1.82, 2.24) is 15.2 Å². The van der Waals surface area contributed by atoms with E-state index in [1.807, 2.05) is 18.3 Å². The Morgan fingerprint density at radius 1 is 1.23 bits per heavy atom. The average molecular weight is 359 g/mol. The molecule has 1 atom stereocenters. The highest BCUT2D eigenvalue weighted by molar-refractivity contribution is 5.92. The van der Waals surface area contributed by atoms with Crippen LogP contribution in [0.5, 0.6) is 0 Å². The number of piperidine rings is 1. The molecule has 2 fully saturated rings. The van der Waals surface area contributed by atoms with Crippen LogP contribution in [0.15, 0.2) is 18.3 Å². The van der Waals surface area contributed by atoms with E-state index < -0.39 is 0 Å². The molecular weight excluding hydrogens is 324 g/mol. The van der Waals surface area contributed by atoms with Gasteiger partial charge in [0, 0.05) is 32.7 Å². The standard InChI is InChI=1S/C21H34N4O/c1-20(2,3)21(4)10-13-25(15-21)16-8-11-24(12-9-16)17-6-7-18(23-14-17)19(26)22-5/h6-7,14,16H,8-13,15H2,1-5H3,(H,22,26). The number of hydrogen-bond acceptors (Lipinski definition) is 4. The minimum absolute atomic E-state index is 0.133. The number of anilines is 1. The number of carbonyl (C=O) groups excluding carboxylic acids is 1. The van der Waals surface area contributed by atoms with Crippen molar-refractivity contribution in [3.8, 4) is 0 Å². The van der Waals surface area contributed by atoms with Crippen LogP contribution in [-0.2, 0) is 0 Å². The fourth-order valence-electron chi connectivity index (χ4n) is 4.25. The molecule has 0 spiro atoms. The van der Waals surface area contributed by atoms with E-state index in [0.29, 0.717) is 22.6 Å². The highest BCUT2D eigenvalue weighted by Crippen LogP contribution is 2.46. The van der Waals surface area contributed by atoms with Crippen molar-refractivity contribution in [1.29, 1.82) is 0 Å². The molecule has 0 aromatic carbocycles. The molecule has 5 heteroatoms. The highest BCUT2D eigenvalue weighted by atomic mass is 16.1. The molecular formula is C21H34N4O. The number of nitrogens with one attached hydrogen (secondary N) is 1. The Hall–Kier alpha value is -1.62. The van der Waals surface area contributed by atoms with Gasteiger partial charge in [-0.15, -0.1) is 0 Å². The van der Waals surface area contributed by atoms with Crippen LogP contribution in [0.1, 0.15) is 57.4 Å². The van der Waals surface area contributed by atoms with E-state index in [4.69, 9.17) is 0 Å². The Morgan fingerprint density at radius 3 is 2.42 bits per heavy atom. The summed E-state index contributed by atoms with van der Waals surface area (Å²) < 4.78 is 0. The maximum Gasteiger partial charge on any atom is 0.269 e. The molecule has 1 N–H and O–H groups in total. The Bertz CT molecular complexity index is 628. The second-order valence-electron chi connectivity index (χ2n) is 9.23. The zero-order valence-electron chi connectivity index (χ0n) is 17.0.